The van der Waals surface area contributed by atoms with E-state index in [2.05, 4.69) is 28.2 Å². The first-order chi connectivity index (χ1) is 9.70. The Morgan fingerprint density at radius 2 is 1.95 bits per heavy atom. The van der Waals surface area contributed by atoms with Gasteiger partial charge in [0.1, 0.15) is 5.82 Å². The molecule has 1 N–H and O–H groups in total. The van der Waals surface area contributed by atoms with Gasteiger partial charge in [-0.2, -0.15) is 0 Å². The van der Waals surface area contributed by atoms with Crippen LogP contribution in [0.5, 0.6) is 0 Å². The molecule has 0 spiro atoms. The van der Waals surface area contributed by atoms with E-state index in [9.17, 15) is 4.39 Å². The fourth-order valence-electron chi connectivity index (χ4n) is 3.31. The predicted molar refractivity (Wildman–Crippen MR) is 86.4 cm³/mol. The lowest BCUT2D eigenvalue weighted by molar-refractivity contribution is 0.299. The molecule has 0 amide bonds. The summed E-state index contributed by atoms with van der Waals surface area (Å²) >= 11 is 3.57. The molecule has 1 aromatic carbocycles. The highest BCUT2D eigenvalue weighted by molar-refractivity contribution is 9.10. The number of rotatable bonds is 5. The van der Waals surface area contributed by atoms with Crippen LogP contribution in [0.25, 0.3) is 0 Å². The van der Waals surface area contributed by atoms with Crippen molar-refractivity contribution in [1.82, 2.24) is 5.32 Å². The maximum absolute atomic E-state index is 13.4. The molecular formula is C17H25BrFN. The normalized spacial score (nSPS) is 23.6. The summed E-state index contributed by atoms with van der Waals surface area (Å²) in [6, 6.07) is 5.05. The van der Waals surface area contributed by atoms with Crippen LogP contribution in [0, 0.1) is 17.7 Å². The second kappa shape index (κ2) is 8.14. The van der Waals surface area contributed by atoms with Crippen LogP contribution in [0.15, 0.2) is 22.7 Å². The van der Waals surface area contributed by atoms with Crippen molar-refractivity contribution in [2.24, 2.45) is 11.8 Å². The van der Waals surface area contributed by atoms with E-state index in [0.717, 1.165) is 35.5 Å². The Labute approximate surface area is 130 Å². The SMILES string of the molecule is CCNCC1CCCCCC1Cc1cc(F)ccc1Br. The molecule has 20 heavy (non-hydrogen) atoms. The topological polar surface area (TPSA) is 12.0 Å². The van der Waals surface area contributed by atoms with Gasteiger partial charge in [-0.05, 0) is 68.0 Å². The van der Waals surface area contributed by atoms with Gasteiger partial charge in [0.25, 0.3) is 0 Å². The summed E-state index contributed by atoms with van der Waals surface area (Å²) in [7, 11) is 0. The van der Waals surface area contributed by atoms with E-state index in [1.54, 1.807) is 6.07 Å². The van der Waals surface area contributed by atoms with Crippen molar-refractivity contribution in [1.29, 1.82) is 0 Å². The van der Waals surface area contributed by atoms with Gasteiger partial charge in [-0.1, -0.05) is 42.1 Å². The Morgan fingerprint density at radius 1 is 1.20 bits per heavy atom. The van der Waals surface area contributed by atoms with Gasteiger partial charge in [-0.15, -0.1) is 0 Å². The van der Waals surface area contributed by atoms with E-state index in [4.69, 9.17) is 0 Å². The Hall–Kier alpha value is -0.410. The third kappa shape index (κ3) is 4.56. The first-order valence-electron chi connectivity index (χ1n) is 7.85. The lowest BCUT2D eigenvalue weighted by Gasteiger charge is -2.26. The third-order valence-corrected chi connectivity index (χ3v) is 5.24. The van der Waals surface area contributed by atoms with E-state index >= 15 is 0 Å². The Kier molecular flexibility index (Phi) is 6.50. The Bertz CT molecular complexity index is 421. The van der Waals surface area contributed by atoms with E-state index in [-0.39, 0.29) is 5.82 Å². The summed E-state index contributed by atoms with van der Waals surface area (Å²) in [5, 5.41) is 3.50. The van der Waals surface area contributed by atoms with Gasteiger partial charge < -0.3 is 5.32 Å². The number of benzene rings is 1. The van der Waals surface area contributed by atoms with Crippen LogP contribution in [0.4, 0.5) is 4.39 Å². The highest BCUT2D eigenvalue weighted by atomic mass is 79.9. The largest absolute Gasteiger partial charge is 0.317 e. The number of halogens is 2. The standard InChI is InChI=1S/C17H25BrFN/c1-2-20-12-14-7-5-3-4-6-13(14)10-15-11-16(19)8-9-17(15)18/h8-9,11,13-14,20H,2-7,10,12H2,1H3. The summed E-state index contributed by atoms with van der Waals surface area (Å²) in [5.74, 6) is 1.28. The molecular weight excluding hydrogens is 317 g/mol. The molecule has 0 aromatic heterocycles. The third-order valence-electron chi connectivity index (χ3n) is 4.46. The number of hydrogen-bond donors (Lipinski definition) is 1. The zero-order valence-electron chi connectivity index (χ0n) is 12.3. The molecule has 0 aliphatic heterocycles. The first kappa shape index (κ1) is 16.0. The molecule has 112 valence electrons. The van der Waals surface area contributed by atoms with Gasteiger partial charge in [0, 0.05) is 4.47 Å². The first-order valence-corrected chi connectivity index (χ1v) is 8.64. The van der Waals surface area contributed by atoms with Gasteiger partial charge in [0.05, 0.1) is 0 Å². The average Bonchev–Trinajstić information content (AvgIpc) is 2.66. The second-order valence-electron chi connectivity index (χ2n) is 5.91. The highest BCUT2D eigenvalue weighted by Gasteiger charge is 2.24. The predicted octanol–water partition coefficient (Wildman–Crippen LogP) is 4.94. The van der Waals surface area contributed by atoms with E-state index < -0.39 is 0 Å². The molecule has 1 nitrogen and oxygen atoms in total. The molecule has 0 saturated heterocycles. The molecule has 1 saturated carbocycles. The summed E-state index contributed by atoms with van der Waals surface area (Å²) in [5.41, 5.74) is 1.12. The molecule has 0 heterocycles. The Balaban J connectivity index is 2.08. The van der Waals surface area contributed by atoms with Gasteiger partial charge in [0.2, 0.25) is 0 Å². The van der Waals surface area contributed by atoms with Crippen molar-refractivity contribution in [3.8, 4) is 0 Å². The van der Waals surface area contributed by atoms with E-state index in [0.29, 0.717) is 5.92 Å². The molecule has 0 radical (unpaired) electrons. The smallest absolute Gasteiger partial charge is 0.123 e. The van der Waals surface area contributed by atoms with Crippen molar-refractivity contribution in [3.63, 3.8) is 0 Å². The van der Waals surface area contributed by atoms with Crippen molar-refractivity contribution in [2.45, 2.75) is 45.4 Å². The van der Waals surface area contributed by atoms with Gasteiger partial charge >= 0.3 is 0 Å². The average molecular weight is 342 g/mol. The lowest BCUT2D eigenvalue weighted by Crippen LogP contribution is -2.28. The van der Waals surface area contributed by atoms with Crippen LogP contribution in [-0.4, -0.2) is 13.1 Å². The summed E-state index contributed by atoms with van der Waals surface area (Å²) in [4.78, 5) is 0. The summed E-state index contributed by atoms with van der Waals surface area (Å²) in [6.07, 6.45) is 7.60. The van der Waals surface area contributed by atoms with Gasteiger partial charge in [0.15, 0.2) is 0 Å². The quantitative estimate of drug-likeness (QED) is 0.748. The molecule has 0 bridgehead atoms. The maximum Gasteiger partial charge on any atom is 0.123 e. The molecule has 2 atom stereocenters. The summed E-state index contributed by atoms with van der Waals surface area (Å²) in [6.45, 7) is 4.30. The molecule has 2 rings (SSSR count). The van der Waals surface area contributed by atoms with Gasteiger partial charge in [-0.25, -0.2) is 4.39 Å². The van der Waals surface area contributed by atoms with E-state index in [1.165, 1.54) is 38.2 Å². The van der Waals surface area contributed by atoms with Crippen LogP contribution >= 0.6 is 15.9 Å². The molecule has 1 aliphatic carbocycles. The van der Waals surface area contributed by atoms with Crippen LogP contribution in [0.2, 0.25) is 0 Å². The fraction of sp³-hybridized carbons (Fsp3) is 0.647. The minimum Gasteiger partial charge on any atom is -0.317 e. The highest BCUT2D eigenvalue weighted by Crippen LogP contribution is 2.33. The monoisotopic (exact) mass is 341 g/mol. The molecule has 2 unspecified atom stereocenters. The minimum absolute atomic E-state index is 0.125. The fourth-order valence-corrected chi connectivity index (χ4v) is 3.72. The van der Waals surface area contributed by atoms with Crippen molar-refractivity contribution in [2.75, 3.05) is 13.1 Å². The van der Waals surface area contributed by atoms with Crippen molar-refractivity contribution in [3.05, 3.63) is 34.1 Å². The zero-order valence-corrected chi connectivity index (χ0v) is 13.9. The number of hydrogen-bond acceptors (Lipinski definition) is 1. The van der Waals surface area contributed by atoms with E-state index in [1.807, 2.05) is 6.07 Å². The van der Waals surface area contributed by atoms with Crippen LogP contribution < -0.4 is 5.32 Å². The Morgan fingerprint density at radius 3 is 2.70 bits per heavy atom. The van der Waals surface area contributed by atoms with Crippen LogP contribution in [-0.2, 0) is 6.42 Å². The minimum atomic E-state index is -0.125. The van der Waals surface area contributed by atoms with Crippen molar-refractivity contribution < 1.29 is 4.39 Å². The zero-order chi connectivity index (χ0) is 14.4. The maximum atomic E-state index is 13.4. The van der Waals surface area contributed by atoms with Crippen LogP contribution in [0.1, 0.15) is 44.6 Å². The molecule has 1 aliphatic rings. The number of nitrogens with one attached hydrogen (secondary N) is 1. The molecule has 1 aromatic rings. The van der Waals surface area contributed by atoms with Gasteiger partial charge in [-0.3, -0.25) is 0 Å². The lowest BCUT2D eigenvalue weighted by atomic mass is 9.83. The summed E-state index contributed by atoms with van der Waals surface area (Å²) < 4.78 is 14.5. The van der Waals surface area contributed by atoms with Crippen molar-refractivity contribution >= 4 is 15.9 Å². The molecule has 1 fully saturated rings. The molecule has 3 heteroatoms. The van der Waals surface area contributed by atoms with Crippen LogP contribution in [0.3, 0.4) is 0 Å². The second-order valence-corrected chi connectivity index (χ2v) is 6.76.